The van der Waals surface area contributed by atoms with E-state index in [1.54, 1.807) is 6.07 Å². The molecule has 0 aromatic heterocycles. The first kappa shape index (κ1) is 11.7. The molecule has 0 saturated carbocycles. The van der Waals surface area contributed by atoms with Crippen molar-refractivity contribution in [3.63, 3.8) is 0 Å². The highest BCUT2D eigenvalue weighted by atomic mass is 16.3. The van der Waals surface area contributed by atoms with E-state index >= 15 is 0 Å². The maximum absolute atomic E-state index is 10.7. The van der Waals surface area contributed by atoms with Crippen LogP contribution in [0.1, 0.15) is 37.2 Å². The van der Waals surface area contributed by atoms with Crippen LogP contribution < -0.4 is 0 Å². The Bertz CT molecular complexity index is 432. The highest BCUT2D eigenvalue weighted by Gasteiger charge is 2.40. The SMILES string of the molecule is O=CCN1[C@@H]2CC[C@H]1CC(c1cccc(O)c1)C2. The van der Waals surface area contributed by atoms with Gasteiger partial charge in [0.15, 0.2) is 0 Å². The van der Waals surface area contributed by atoms with Gasteiger partial charge >= 0.3 is 0 Å². The van der Waals surface area contributed by atoms with Crippen LogP contribution in [0.25, 0.3) is 0 Å². The first-order valence-electron chi connectivity index (χ1n) is 6.76. The van der Waals surface area contributed by atoms with Crippen LogP contribution in [0.2, 0.25) is 0 Å². The van der Waals surface area contributed by atoms with Gasteiger partial charge in [0, 0.05) is 12.1 Å². The number of aldehydes is 1. The number of piperidine rings is 1. The van der Waals surface area contributed by atoms with E-state index in [1.165, 1.54) is 18.4 Å². The van der Waals surface area contributed by atoms with E-state index in [-0.39, 0.29) is 0 Å². The topological polar surface area (TPSA) is 40.5 Å². The molecule has 0 amide bonds. The number of phenolic OH excluding ortho intramolecular Hbond substituents is 1. The lowest BCUT2D eigenvalue weighted by atomic mass is 9.85. The molecule has 1 aromatic carbocycles. The summed E-state index contributed by atoms with van der Waals surface area (Å²) in [7, 11) is 0. The Morgan fingerprint density at radius 2 is 2.00 bits per heavy atom. The van der Waals surface area contributed by atoms with Crippen molar-refractivity contribution in [2.75, 3.05) is 6.54 Å². The Morgan fingerprint density at radius 1 is 1.28 bits per heavy atom. The Balaban J connectivity index is 1.77. The molecular formula is C15H19NO2. The molecule has 0 aliphatic carbocycles. The fraction of sp³-hybridized carbons (Fsp3) is 0.533. The van der Waals surface area contributed by atoms with Crippen LogP contribution in [0.3, 0.4) is 0 Å². The van der Waals surface area contributed by atoms with Crippen LogP contribution >= 0.6 is 0 Å². The minimum Gasteiger partial charge on any atom is -0.508 e. The van der Waals surface area contributed by atoms with E-state index in [0.29, 0.717) is 30.3 Å². The average Bonchev–Trinajstić information content (AvgIpc) is 2.62. The third-order valence-corrected chi connectivity index (χ3v) is 4.51. The Hall–Kier alpha value is -1.35. The molecule has 2 saturated heterocycles. The van der Waals surface area contributed by atoms with Crippen molar-refractivity contribution < 1.29 is 9.90 Å². The summed E-state index contributed by atoms with van der Waals surface area (Å²) in [4.78, 5) is 13.1. The molecule has 3 heteroatoms. The molecule has 3 nitrogen and oxygen atoms in total. The second-order valence-corrected chi connectivity index (χ2v) is 5.51. The predicted octanol–water partition coefficient (Wildman–Crippen LogP) is 2.30. The second-order valence-electron chi connectivity index (χ2n) is 5.51. The molecule has 0 radical (unpaired) electrons. The number of carbonyl (C=O) groups excluding carboxylic acids is 1. The number of fused-ring (bicyclic) bond motifs is 2. The molecular weight excluding hydrogens is 226 g/mol. The lowest BCUT2D eigenvalue weighted by Crippen LogP contribution is -2.43. The molecule has 0 spiro atoms. The largest absolute Gasteiger partial charge is 0.508 e. The van der Waals surface area contributed by atoms with Gasteiger partial charge in [-0.2, -0.15) is 0 Å². The van der Waals surface area contributed by atoms with Crippen molar-refractivity contribution in [3.05, 3.63) is 29.8 Å². The van der Waals surface area contributed by atoms with Gasteiger partial charge in [-0.25, -0.2) is 0 Å². The van der Waals surface area contributed by atoms with E-state index in [9.17, 15) is 9.90 Å². The second kappa shape index (κ2) is 4.73. The summed E-state index contributed by atoms with van der Waals surface area (Å²) in [5.74, 6) is 0.896. The van der Waals surface area contributed by atoms with Gasteiger partial charge in [0.05, 0.1) is 6.54 Å². The molecule has 2 heterocycles. The predicted molar refractivity (Wildman–Crippen MR) is 69.7 cm³/mol. The third kappa shape index (κ3) is 2.03. The van der Waals surface area contributed by atoms with Crippen molar-refractivity contribution in [1.82, 2.24) is 4.90 Å². The van der Waals surface area contributed by atoms with Gasteiger partial charge < -0.3 is 9.90 Å². The Morgan fingerprint density at radius 3 is 2.61 bits per heavy atom. The molecule has 1 aromatic rings. The van der Waals surface area contributed by atoms with Crippen LogP contribution in [0.15, 0.2) is 24.3 Å². The molecule has 2 aliphatic heterocycles. The number of hydrogen-bond acceptors (Lipinski definition) is 3. The van der Waals surface area contributed by atoms with Crippen LogP contribution in [-0.4, -0.2) is 34.9 Å². The van der Waals surface area contributed by atoms with Gasteiger partial charge in [-0.1, -0.05) is 12.1 Å². The fourth-order valence-corrected chi connectivity index (χ4v) is 3.71. The standard InChI is InChI=1S/C15H19NO2/c17-7-6-16-13-4-5-14(16)9-12(8-13)11-2-1-3-15(18)10-11/h1-3,7,10,12-14,18H,4-6,8-9H2/t12?,13-,14+. The highest BCUT2D eigenvalue weighted by molar-refractivity contribution is 5.52. The number of hydrogen-bond donors (Lipinski definition) is 1. The number of rotatable bonds is 3. The monoisotopic (exact) mass is 245 g/mol. The zero-order valence-electron chi connectivity index (χ0n) is 10.5. The summed E-state index contributed by atoms with van der Waals surface area (Å²) in [6, 6.07) is 8.76. The maximum atomic E-state index is 10.7. The summed E-state index contributed by atoms with van der Waals surface area (Å²) >= 11 is 0. The van der Waals surface area contributed by atoms with Gasteiger partial charge in [0.25, 0.3) is 0 Å². The van der Waals surface area contributed by atoms with Crippen LogP contribution in [0, 0.1) is 0 Å². The number of aromatic hydroxyl groups is 1. The fourth-order valence-electron chi connectivity index (χ4n) is 3.71. The van der Waals surface area contributed by atoms with Gasteiger partial charge in [-0.3, -0.25) is 4.90 Å². The Labute approximate surface area is 107 Å². The zero-order chi connectivity index (χ0) is 12.5. The van der Waals surface area contributed by atoms with E-state index in [2.05, 4.69) is 11.0 Å². The van der Waals surface area contributed by atoms with Crippen molar-refractivity contribution in [2.45, 2.75) is 43.7 Å². The molecule has 18 heavy (non-hydrogen) atoms. The van der Waals surface area contributed by atoms with Gasteiger partial charge in [-0.15, -0.1) is 0 Å². The van der Waals surface area contributed by atoms with E-state index < -0.39 is 0 Å². The summed E-state index contributed by atoms with van der Waals surface area (Å²) in [5.41, 5.74) is 1.25. The summed E-state index contributed by atoms with van der Waals surface area (Å²) in [6.45, 7) is 0.585. The van der Waals surface area contributed by atoms with Gasteiger partial charge in [0.2, 0.25) is 0 Å². The number of nitrogens with zero attached hydrogens (tertiary/aromatic N) is 1. The van der Waals surface area contributed by atoms with Crippen molar-refractivity contribution in [1.29, 1.82) is 0 Å². The van der Waals surface area contributed by atoms with Crippen molar-refractivity contribution in [3.8, 4) is 5.75 Å². The van der Waals surface area contributed by atoms with Crippen molar-refractivity contribution >= 4 is 6.29 Å². The van der Waals surface area contributed by atoms with Gasteiger partial charge in [0.1, 0.15) is 12.0 Å². The molecule has 2 bridgehead atoms. The van der Waals surface area contributed by atoms with Crippen molar-refractivity contribution in [2.24, 2.45) is 0 Å². The van der Waals surface area contributed by atoms with Crippen LogP contribution in [0.4, 0.5) is 0 Å². The summed E-state index contributed by atoms with van der Waals surface area (Å²) < 4.78 is 0. The molecule has 96 valence electrons. The third-order valence-electron chi connectivity index (χ3n) is 4.51. The van der Waals surface area contributed by atoms with Gasteiger partial charge in [-0.05, 0) is 49.3 Å². The van der Waals surface area contributed by atoms with E-state index in [0.717, 1.165) is 19.1 Å². The number of phenols is 1. The molecule has 3 rings (SSSR count). The molecule has 1 N–H and O–H groups in total. The minimum absolute atomic E-state index is 0.357. The van der Waals surface area contributed by atoms with E-state index in [4.69, 9.17) is 0 Å². The number of carbonyl (C=O) groups is 1. The quantitative estimate of drug-likeness (QED) is 0.831. The first-order chi connectivity index (χ1) is 8.78. The maximum Gasteiger partial charge on any atom is 0.134 e. The lowest BCUT2D eigenvalue weighted by molar-refractivity contribution is -0.109. The van der Waals surface area contributed by atoms with Crippen LogP contribution in [0.5, 0.6) is 5.75 Å². The average molecular weight is 245 g/mol. The Kier molecular flexibility index (Phi) is 3.08. The normalized spacial score (nSPS) is 31.4. The summed E-state index contributed by atoms with van der Waals surface area (Å²) in [6.07, 6.45) is 5.70. The lowest BCUT2D eigenvalue weighted by Gasteiger charge is -2.38. The number of benzene rings is 1. The summed E-state index contributed by atoms with van der Waals surface area (Å²) in [5, 5.41) is 9.57. The molecule has 1 unspecified atom stereocenters. The molecule has 3 atom stereocenters. The first-order valence-corrected chi connectivity index (χ1v) is 6.76. The zero-order valence-corrected chi connectivity index (χ0v) is 10.5. The highest BCUT2D eigenvalue weighted by Crippen LogP contribution is 2.43. The molecule has 2 fully saturated rings. The molecule has 2 aliphatic rings. The minimum atomic E-state index is 0.357. The van der Waals surface area contributed by atoms with E-state index in [1.807, 2.05) is 12.1 Å². The van der Waals surface area contributed by atoms with Crippen LogP contribution in [-0.2, 0) is 4.79 Å². The smallest absolute Gasteiger partial charge is 0.134 e.